The summed E-state index contributed by atoms with van der Waals surface area (Å²) in [6, 6.07) is 10.8. The van der Waals surface area contributed by atoms with Crippen molar-refractivity contribution in [2.45, 2.75) is 0 Å². The summed E-state index contributed by atoms with van der Waals surface area (Å²) in [6.07, 6.45) is 6.40. The van der Waals surface area contributed by atoms with E-state index >= 15 is 0 Å². The molecule has 0 bridgehead atoms. The van der Waals surface area contributed by atoms with Crippen LogP contribution in [0.4, 0.5) is 0 Å². The lowest BCUT2D eigenvalue weighted by molar-refractivity contribution is -0.137. The summed E-state index contributed by atoms with van der Waals surface area (Å²) >= 11 is 0. The van der Waals surface area contributed by atoms with Crippen molar-refractivity contribution >= 4 is 12.0 Å². The molecule has 0 fully saturated rings. The molecule has 0 radical (unpaired) electrons. The Kier molecular flexibility index (Phi) is 4.37. The molecule has 0 atom stereocenters. The molecule has 0 aromatic heterocycles. The maximum atomic E-state index is 11.3. The number of carbonyl (C=O) groups excluding carboxylic acids is 1. The number of ether oxygens (including phenoxy) is 1. The Labute approximate surface area is 94.0 Å². The summed E-state index contributed by atoms with van der Waals surface area (Å²) < 4.78 is 4.65. The Morgan fingerprint density at radius 1 is 1.44 bits per heavy atom. The highest BCUT2D eigenvalue weighted by Gasteiger charge is 2.09. The molecule has 0 aliphatic carbocycles. The third-order valence-electron chi connectivity index (χ3n) is 1.74. The van der Waals surface area contributed by atoms with Crippen LogP contribution in [0, 0.1) is 23.7 Å². The van der Waals surface area contributed by atoms with E-state index in [0.29, 0.717) is 0 Å². The summed E-state index contributed by atoms with van der Waals surface area (Å²) in [5.74, 6) is 1.46. The van der Waals surface area contributed by atoms with Crippen LogP contribution in [0.5, 0.6) is 0 Å². The van der Waals surface area contributed by atoms with Gasteiger partial charge in [-0.3, -0.25) is 0 Å². The first kappa shape index (κ1) is 11.6. The number of hydrogen-bond acceptors (Lipinski definition) is 3. The maximum Gasteiger partial charge on any atom is 0.349 e. The second-order valence-corrected chi connectivity index (χ2v) is 2.86. The molecular weight excluding hydrogens is 202 g/mol. The van der Waals surface area contributed by atoms with E-state index in [1.807, 2.05) is 18.2 Å². The van der Waals surface area contributed by atoms with Crippen LogP contribution in [0.25, 0.3) is 6.08 Å². The molecule has 0 heterocycles. The quantitative estimate of drug-likeness (QED) is 0.331. The van der Waals surface area contributed by atoms with Gasteiger partial charge in [0.15, 0.2) is 6.61 Å². The number of benzene rings is 1. The molecule has 0 saturated carbocycles. The standard InChI is InChI=1S/C13H9NO2/c1-2-8-16-13(15)12(10-14)9-11-6-4-3-5-7-11/h1,3-7,9H,8H2/b12-9+. The van der Waals surface area contributed by atoms with Gasteiger partial charge in [-0.05, 0) is 11.6 Å². The Hall–Kier alpha value is -2.52. The van der Waals surface area contributed by atoms with Crippen LogP contribution < -0.4 is 0 Å². The smallest absolute Gasteiger partial charge is 0.349 e. The van der Waals surface area contributed by atoms with Gasteiger partial charge >= 0.3 is 5.97 Å². The number of terminal acetylenes is 1. The molecule has 0 aliphatic heterocycles. The topological polar surface area (TPSA) is 50.1 Å². The molecule has 78 valence electrons. The molecule has 16 heavy (non-hydrogen) atoms. The van der Waals surface area contributed by atoms with E-state index in [2.05, 4.69) is 10.7 Å². The van der Waals surface area contributed by atoms with Gasteiger partial charge in [-0.15, -0.1) is 6.42 Å². The predicted octanol–water partition coefficient (Wildman–Crippen LogP) is 1.77. The van der Waals surface area contributed by atoms with Gasteiger partial charge in [0.1, 0.15) is 11.6 Å². The molecular formula is C13H9NO2. The highest BCUT2D eigenvalue weighted by molar-refractivity contribution is 5.97. The van der Waals surface area contributed by atoms with Crippen LogP contribution in [-0.4, -0.2) is 12.6 Å². The Bertz CT molecular complexity index is 475. The average Bonchev–Trinajstić information content (AvgIpc) is 2.34. The van der Waals surface area contributed by atoms with Gasteiger partial charge < -0.3 is 4.74 Å². The summed E-state index contributed by atoms with van der Waals surface area (Å²) in [5, 5.41) is 8.79. The van der Waals surface area contributed by atoms with Crippen molar-refractivity contribution in [2.75, 3.05) is 6.61 Å². The van der Waals surface area contributed by atoms with E-state index in [9.17, 15) is 4.79 Å². The van der Waals surface area contributed by atoms with Gasteiger partial charge in [-0.25, -0.2) is 4.79 Å². The first-order chi connectivity index (χ1) is 7.77. The van der Waals surface area contributed by atoms with E-state index in [1.54, 1.807) is 18.2 Å². The number of nitrogens with zero attached hydrogens (tertiary/aromatic N) is 1. The second-order valence-electron chi connectivity index (χ2n) is 2.86. The number of rotatable bonds is 3. The van der Waals surface area contributed by atoms with E-state index in [-0.39, 0.29) is 12.2 Å². The molecule has 1 aromatic carbocycles. The minimum absolute atomic E-state index is 0.0681. The number of esters is 1. The Morgan fingerprint density at radius 2 is 2.12 bits per heavy atom. The first-order valence-electron chi connectivity index (χ1n) is 4.55. The molecule has 3 heteroatoms. The number of hydrogen-bond donors (Lipinski definition) is 0. The summed E-state index contributed by atoms with van der Waals surface area (Å²) in [5.41, 5.74) is 0.693. The van der Waals surface area contributed by atoms with Crippen LogP contribution in [0.2, 0.25) is 0 Å². The molecule has 1 rings (SSSR count). The van der Waals surface area contributed by atoms with Gasteiger partial charge in [0.05, 0.1) is 0 Å². The fourth-order valence-corrected chi connectivity index (χ4v) is 1.04. The predicted molar refractivity (Wildman–Crippen MR) is 59.8 cm³/mol. The van der Waals surface area contributed by atoms with Crippen molar-refractivity contribution in [3.05, 3.63) is 41.5 Å². The molecule has 0 saturated heterocycles. The van der Waals surface area contributed by atoms with Gasteiger partial charge in [-0.1, -0.05) is 36.3 Å². The van der Waals surface area contributed by atoms with E-state index < -0.39 is 5.97 Å². The van der Waals surface area contributed by atoms with Crippen molar-refractivity contribution in [1.82, 2.24) is 0 Å². The molecule has 0 spiro atoms. The van der Waals surface area contributed by atoms with Crippen molar-refractivity contribution < 1.29 is 9.53 Å². The number of nitriles is 1. The monoisotopic (exact) mass is 211 g/mol. The SMILES string of the molecule is C#CCOC(=O)/C(C#N)=C/c1ccccc1. The minimum Gasteiger partial charge on any atom is -0.448 e. The van der Waals surface area contributed by atoms with Crippen molar-refractivity contribution in [1.29, 1.82) is 5.26 Å². The summed E-state index contributed by atoms with van der Waals surface area (Å²) in [7, 11) is 0. The normalized spacial score (nSPS) is 10.0. The zero-order valence-electron chi connectivity index (χ0n) is 8.51. The first-order valence-corrected chi connectivity index (χ1v) is 4.55. The van der Waals surface area contributed by atoms with Crippen molar-refractivity contribution in [3.63, 3.8) is 0 Å². The third-order valence-corrected chi connectivity index (χ3v) is 1.74. The fraction of sp³-hybridized carbons (Fsp3) is 0.0769. The van der Waals surface area contributed by atoms with Gasteiger partial charge in [0.2, 0.25) is 0 Å². The minimum atomic E-state index is -0.704. The fourth-order valence-electron chi connectivity index (χ4n) is 1.04. The van der Waals surface area contributed by atoms with Crippen LogP contribution in [0.1, 0.15) is 5.56 Å². The van der Waals surface area contributed by atoms with Crippen LogP contribution >= 0.6 is 0 Å². The molecule has 0 unspecified atom stereocenters. The van der Waals surface area contributed by atoms with E-state index in [4.69, 9.17) is 11.7 Å². The van der Waals surface area contributed by atoms with E-state index in [0.717, 1.165) is 5.56 Å². The summed E-state index contributed by atoms with van der Waals surface area (Å²) in [4.78, 5) is 11.3. The van der Waals surface area contributed by atoms with Crippen molar-refractivity contribution in [3.8, 4) is 18.4 Å². The van der Waals surface area contributed by atoms with Gasteiger partial charge in [0.25, 0.3) is 0 Å². The largest absolute Gasteiger partial charge is 0.448 e. The summed E-state index contributed by atoms with van der Waals surface area (Å²) in [6.45, 7) is -0.132. The van der Waals surface area contributed by atoms with Gasteiger partial charge in [0, 0.05) is 0 Å². The van der Waals surface area contributed by atoms with Crippen LogP contribution in [-0.2, 0) is 9.53 Å². The Balaban J connectivity index is 2.84. The zero-order valence-corrected chi connectivity index (χ0v) is 8.51. The highest BCUT2D eigenvalue weighted by atomic mass is 16.5. The van der Waals surface area contributed by atoms with Crippen molar-refractivity contribution in [2.24, 2.45) is 0 Å². The highest BCUT2D eigenvalue weighted by Crippen LogP contribution is 2.07. The lowest BCUT2D eigenvalue weighted by atomic mass is 10.1. The molecule has 1 aromatic rings. The van der Waals surface area contributed by atoms with Gasteiger partial charge in [-0.2, -0.15) is 5.26 Å². The molecule has 3 nitrogen and oxygen atoms in total. The van der Waals surface area contributed by atoms with Crippen LogP contribution in [0.15, 0.2) is 35.9 Å². The average molecular weight is 211 g/mol. The lowest BCUT2D eigenvalue weighted by Crippen LogP contribution is -2.06. The lowest BCUT2D eigenvalue weighted by Gasteiger charge is -1.98. The maximum absolute atomic E-state index is 11.3. The second kappa shape index (κ2) is 6.06. The molecule has 0 amide bonds. The molecule has 0 aliphatic rings. The molecule has 0 N–H and O–H groups in total. The number of carbonyl (C=O) groups is 1. The van der Waals surface area contributed by atoms with E-state index in [1.165, 1.54) is 6.08 Å². The third kappa shape index (κ3) is 3.32. The van der Waals surface area contributed by atoms with Crippen LogP contribution in [0.3, 0.4) is 0 Å². The Morgan fingerprint density at radius 3 is 2.69 bits per heavy atom. The zero-order chi connectivity index (χ0) is 11.8.